The topological polar surface area (TPSA) is 103 Å². The first kappa shape index (κ1) is 13.1. The molecule has 0 aliphatic rings. The Labute approximate surface area is 113 Å². The highest BCUT2D eigenvalue weighted by atomic mass is 35.5. The van der Waals surface area contributed by atoms with Gasteiger partial charge in [-0.3, -0.25) is 10.1 Å². The van der Waals surface area contributed by atoms with Gasteiger partial charge >= 0.3 is 5.69 Å². The number of nitro groups is 1. The summed E-state index contributed by atoms with van der Waals surface area (Å²) < 4.78 is 5.36. The van der Waals surface area contributed by atoms with Gasteiger partial charge in [0, 0.05) is 12.1 Å². The summed E-state index contributed by atoms with van der Waals surface area (Å²) in [6, 6.07) is 9.06. The maximum Gasteiger partial charge on any atom is 0.313 e. The second-order valence-electron chi connectivity index (χ2n) is 3.45. The number of halogens is 1. The second kappa shape index (κ2) is 5.51. The fourth-order valence-electron chi connectivity index (χ4n) is 1.40. The number of hydrazine groups is 1. The minimum atomic E-state index is -0.577. The van der Waals surface area contributed by atoms with Crippen molar-refractivity contribution in [3.05, 3.63) is 51.5 Å². The van der Waals surface area contributed by atoms with Crippen molar-refractivity contribution < 1.29 is 9.66 Å². The number of nitrogens with one attached hydrogen (secondary N) is 1. The van der Waals surface area contributed by atoms with Crippen molar-refractivity contribution in [3.8, 4) is 11.6 Å². The number of nitrogens with two attached hydrogens (primary N) is 1. The molecule has 0 unspecified atom stereocenters. The number of hydrogen-bond acceptors (Lipinski definition) is 6. The van der Waals surface area contributed by atoms with Gasteiger partial charge in [0.05, 0.1) is 9.95 Å². The van der Waals surface area contributed by atoms with Crippen molar-refractivity contribution in [1.82, 2.24) is 4.98 Å². The minimum absolute atomic E-state index is 0.0594. The van der Waals surface area contributed by atoms with E-state index in [1.807, 2.05) is 0 Å². The Bertz CT molecular complexity index is 621. The lowest BCUT2D eigenvalue weighted by Crippen LogP contribution is -2.08. The molecule has 0 atom stereocenters. The lowest BCUT2D eigenvalue weighted by Gasteiger charge is -2.08. The maximum absolute atomic E-state index is 10.9. The van der Waals surface area contributed by atoms with E-state index in [1.54, 1.807) is 12.1 Å². The minimum Gasteiger partial charge on any atom is -0.430 e. The van der Waals surface area contributed by atoms with Crippen LogP contribution in [-0.2, 0) is 0 Å². The first-order valence-corrected chi connectivity index (χ1v) is 5.54. The van der Waals surface area contributed by atoms with Crippen molar-refractivity contribution in [1.29, 1.82) is 0 Å². The van der Waals surface area contributed by atoms with E-state index >= 15 is 0 Å². The first-order valence-electron chi connectivity index (χ1n) is 5.16. The molecule has 19 heavy (non-hydrogen) atoms. The number of ether oxygens (including phenoxy) is 1. The van der Waals surface area contributed by atoms with Gasteiger partial charge in [0.15, 0.2) is 0 Å². The molecule has 0 amide bonds. The third-order valence-corrected chi connectivity index (χ3v) is 2.52. The molecule has 7 nitrogen and oxygen atoms in total. The van der Waals surface area contributed by atoms with Gasteiger partial charge in [-0.25, -0.2) is 5.84 Å². The highest BCUT2D eigenvalue weighted by molar-refractivity contribution is 6.32. The average molecular weight is 281 g/mol. The van der Waals surface area contributed by atoms with Crippen LogP contribution in [-0.4, -0.2) is 9.91 Å². The fourth-order valence-corrected chi connectivity index (χ4v) is 1.61. The Hall–Kier alpha value is -2.38. The molecular weight excluding hydrogens is 272 g/mol. The van der Waals surface area contributed by atoms with E-state index in [2.05, 4.69) is 10.4 Å². The van der Waals surface area contributed by atoms with E-state index in [-0.39, 0.29) is 22.3 Å². The predicted molar refractivity (Wildman–Crippen MR) is 70.2 cm³/mol. The predicted octanol–water partition coefficient (Wildman–Crippen LogP) is 2.72. The number of nitrogens with zero attached hydrogens (tertiary/aromatic N) is 2. The second-order valence-corrected chi connectivity index (χ2v) is 3.86. The van der Waals surface area contributed by atoms with Crippen LogP contribution in [0.5, 0.6) is 11.6 Å². The number of pyridine rings is 1. The third-order valence-electron chi connectivity index (χ3n) is 2.22. The van der Waals surface area contributed by atoms with Gasteiger partial charge in [-0.15, -0.1) is 0 Å². The van der Waals surface area contributed by atoms with Crippen molar-refractivity contribution in [2.45, 2.75) is 0 Å². The van der Waals surface area contributed by atoms with Gasteiger partial charge in [0.25, 0.3) is 0 Å². The molecule has 1 aromatic carbocycles. The Morgan fingerprint density at radius 2 is 2.05 bits per heavy atom. The molecule has 0 aliphatic heterocycles. The zero-order valence-electron chi connectivity index (χ0n) is 9.54. The smallest absolute Gasteiger partial charge is 0.313 e. The lowest BCUT2D eigenvalue weighted by molar-refractivity contribution is -0.385. The van der Waals surface area contributed by atoms with E-state index in [1.165, 1.54) is 24.3 Å². The number of benzene rings is 1. The molecule has 0 spiro atoms. The van der Waals surface area contributed by atoms with Crippen molar-refractivity contribution in [2.75, 3.05) is 5.43 Å². The molecule has 1 heterocycles. The fraction of sp³-hybridized carbons (Fsp3) is 0. The van der Waals surface area contributed by atoms with Crippen LogP contribution in [0.15, 0.2) is 36.4 Å². The molecule has 0 saturated carbocycles. The molecule has 1 aromatic heterocycles. The summed E-state index contributed by atoms with van der Waals surface area (Å²) in [6.07, 6.45) is 0. The van der Waals surface area contributed by atoms with Gasteiger partial charge in [-0.1, -0.05) is 23.7 Å². The van der Waals surface area contributed by atoms with Gasteiger partial charge in [-0.05, 0) is 12.1 Å². The molecule has 8 heteroatoms. The zero-order chi connectivity index (χ0) is 13.8. The number of hydrogen-bond donors (Lipinski definition) is 2. The summed E-state index contributed by atoms with van der Waals surface area (Å²) in [6.45, 7) is 0. The number of nitrogen functional groups attached to an aromatic ring is 1. The molecule has 2 aromatic rings. The van der Waals surface area contributed by atoms with E-state index in [0.29, 0.717) is 5.82 Å². The number of aromatic nitrogens is 1. The van der Waals surface area contributed by atoms with Crippen LogP contribution in [0.25, 0.3) is 0 Å². The summed E-state index contributed by atoms with van der Waals surface area (Å²) in [5.74, 6) is 5.67. The van der Waals surface area contributed by atoms with Crippen LogP contribution in [0.4, 0.5) is 11.5 Å². The standard InChI is InChI=1S/C11H9ClN4O3/c12-7-3-1-4-8(16(17)18)11(7)19-10-6-2-5-9(14-10)15-13/h1-6H,13H2,(H,14,15). The Balaban J connectivity index is 2.40. The third kappa shape index (κ3) is 2.90. The molecule has 0 saturated heterocycles. The van der Waals surface area contributed by atoms with Gasteiger partial charge in [-0.2, -0.15) is 4.98 Å². The molecule has 0 fully saturated rings. The van der Waals surface area contributed by atoms with E-state index in [4.69, 9.17) is 22.2 Å². The first-order chi connectivity index (χ1) is 9.11. The molecular formula is C11H9ClN4O3. The van der Waals surface area contributed by atoms with Crippen LogP contribution in [0.1, 0.15) is 0 Å². The summed E-state index contributed by atoms with van der Waals surface area (Å²) >= 11 is 5.90. The monoisotopic (exact) mass is 280 g/mol. The van der Waals surface area contributed by atoms with Gasteiger partial charge in [0.2, 0.25) is 11.6 Å². The Morgan fingerprint density at radius 3 is 2.74 bits per heavy atom. The molecule has 0 aliphatic carbocycles. The van der Waals surface area contributed by atoms with Crippen LogP contribution in [0.2, 0.25) is 5.02 Å². The highest BCUT2D eigenvalue weighted by Crippen LogP contribution is 2.37. The molecule has 3 N–H and O–H groups in total. The SMILES string of the molecule is NNc1cccc(Oc2c(Cl)cccc2[N+](=O)[O-])n1. The lowest BCUT2D eigenvalue weighted by atomic mass is 10.3. The molecule has 2 rings (SSSR count). The normalized spacial score (nSPS) is 10.0. The number of rotatable bonds is 4. The van der Waals surface area contributed by atoms with Gasteiger partial charge < -0.3 is 10.2 Å². The van der Waals surface area contributed by atoms with E-state index in [9.17, 15) is 10.1 Å². The summed E-state index contributed by atoms with van der Waals surface area (Å²) in [5, 5.41) is 11.0. The van der Waals surface area contributed by atoms with Gasteiger partial charge in [0.1, 0.15) is 5.82 Å². The largest absolute Gasteiger partial charge is 0.430 e. The number of anilines is 1. The van der Waals surface area contributed by atoms with Crippen LogP contribution in [0, 0.1) is 10.1 Å². The zero-order valence-corrected chi connectivity index (χ0v) is 10.3. The maximum atomic E-state index is 10.9. The quantitative estimate of drug-likeness (QED) is 0.507. The van der Waals surface area contributed by atoms with Crippen LogP contribution in [0.3, 0.4) is 0 Å². The Morgan fingerprint density at radius 1 is 1.32 bits per heavy atom. The summed E-state index contributed by atoms with van der Waals surface area (Å²) in [5.41, 5.74) is 2.11. The summed E-state index contributed by atoms with van der Waals surface area (Å²) in [4.78, 5) is 14.3. The summed E-state index contributed by atoms with van der Waals surface area (Å²) in [7, 11) is 0. The molecule has 0 bridgehead atoms. The highest BCUT2D eigenvalue weighted by Gasteiger charge is 2.19. The number of para-hydroxylation sites is 1. The van der Waals surface area contributed by atoms with E-state index in [0.717, 1.165) is 0 Å². The molecule has 98 valence electrons. The number of nitro benzene ring substituents is 1. The average Bonchev–Trinajstić information content (AvgIpc) is 2.41. The van der Waals surface area contributed by atoms with E-state index < -0.39 is 4.92 Å². The van der Waals surface area contributed by atoms with Crippen molar-refractivity contribution in [2.24, 2.45) is 5.84 Å². The van der Waals surface area contributed by atoms with Crippen molar-refractivity contribution in [3.63, 3.8) is 0 Å². The molecule has 0 radical (unpaired) electrons. The van der Waals surface area contributed by atoms with Crippen LogP contribution < -0.4 is 16.0 Å². The van der Waals surface area contributed by atoms with Crippen LogP contribution >= 0.6 is 11.6 Å². The van der Waals surface area contributed by atoms with Crippen molar-refractivity contribution >= 4 is 23.1 Å². The Kier molecular flexibility index (Phi) is 3.79.